The second-order valence-corrected chi connectivity index (χ2v) is 2.91. The maximum atomic E-state index is 10.2. The first kappa shape index (κ1) is 9.44. The van der Waals surface area contributed by atoms with Crippen LogP contribution in [0.1, 0.15) is 5.56 Å². The van der Waals surface area contributed by atoms with Crippen LogP contribution in [-0.4, -0.2) is 24.0 Å². The van der Waals surface area contributed by atoms with Crippen molar-refractivity contribution in [3.05, 3.63) is 34.0 Å². The van der Waals surface area contributed by atoms with Gasteiger partial charge in [0.05, 0.1) is 0 Å². The van der Waals surface area contributed by atoms with Gasteiger partial charge in [0.2, 0.25) is 6.54 Å². The summed E-state index contributed by atoms with van der Waals surface area (Å²) in [6.45, 7) is -0.166. The van der Waals surface area contributed by atoms with E-state index in [1.165, 1.54) is 6.20 Å². The fourth-order valence-electron chi connectivity index (χ4n) is 0.924. The molecule has 1 rings (SSSR count). The summed E-state index contributed by atoms with van der Waals surface area (Å²) in [7, 11) is 3.74. The van der Waals surface area contributed by atoms with Crippen LogP contribution in [0.15, 0.2) is 18.3 Å². The molecule has 0 aliphatic heterocycles. The van der Waals surface area contributed by atoms with Crippen LogP contribution in [0.2, 0.25) is 0 Å². The zero-order chi connectivity index (χ0) is 9.84. The molecule has 1 aromatic rings. The zero-order valence-corrected chi connectivity index (χ0v) is 7.60. The van der Waals surface area contributed by atoms with Crippen LogP contribution in [0.4, 0.5) is 5.82 Å². The fourth-order valence-corrected chi connectivity index (χ4v) is 0.924. The van der Waals surface area contributed by atoms with E-state index in [1.54, 1.807) is 12.1 Å². The van der Waals surface area contributed by atoms with Gasteiger partial charge in [0, 0.05) is 30.8 Å². The van der Waals surface area contributed by atoms with E-state index in [-0.39, 0.29) is 11.5 Å². The molecule has 0 saturated carbocycles. The summed E-state index contributed by atoms with van der Waals surface area (Å²) < 4.78 is 0. The number of anilines is 1. The third kappa shape index (κ3) is 2.70. The van der Waals surface area contributed by atoms with Crippen LogP contribution < -0.4 is 4.90 Å². The Labute approximate surface area is 76.2 Å². The molecule has 0 amide bonds. The van der Waals surface area contributed by atoms with Crippen molar-refractivity contribution in [3.8, 4) is 0 Å². The smallest absolute Gasteiger partial charge is 0.230 e. The van der Waals surface area contributed by atoms with Crippen molar-refractivity contribution in [3.63, 3.8) is 0 Å². The highest BCUT2D eigenvalue weighted by atomic mass is 16.6. The molecule has 70 valence electrons. The van der Waals surface area contributed by atoms with Gasteiger partial charge in [-0.2, -0.15) is 0 Å². The Morgan fingerprint density at radius 3 is 2.62 bits per heavy atom. The summed E-state index contributed by atoms with van der Waals surface area (Å²) in [5.74, 6) is 0.798. The molecule has 5 nitrogen and oxygen atoms in total. The van der Waals surface area contributed by atoms with Gasteiger partial charge in [-0.25, -0.2) is 4.98 Å². The number of nitrogens with zero attached hydrogens (tertiary/aromatic N) is 3. The maximum Gasteiger partial charge on any atom is 0.230 e. The van der Waals surface area contributed by atoms with E-state index < -0.39 is 0 Å². The van der Waals surface area contributed by atoms with Crippen molar-refractivity contribution in [2.24, 2.45) is 0 Å². The van der Waals surface area contributed by atoms with Gasteiger partial charge in [0.25, 0.3) is 0 Å². The minimum Gasteiger partial charge on any atom is -0.363 e. The monoisotopic (exact) mass is 181 g/mol. The molecule has 0 aliphatic carbocycles. The van der Waals surface area contributed by atoms with Crippen molar-refractivity contribution in [2.45, 2.75) is 6.54 Å². The number of rotatable bonds is 3. The average Bonchev–Trinajstić information content (AvgIpc) is 2.04. The lowest BCUT2D eigenvalue weighted by Crippen LogP contribution is -2.10. The molecule has 0 N–H and O–H groups in total. The van der Waals surface area contributed by atoms with E-state index in [9.17, 15) is 10.1 Å². The Hall–Kier alpha value is -1.65. The van der Waals surface area contributed by atoms with Crippen molar-refractivity contribution in [1.82, 2.24) is 4.98 Å². The summed E-state index contributed by atoms with van der Waals surface area (Å²) in [5.41, 5.74) is 0.621. The van der Waals surface area contributed by atoms with Crippen LogP contribution in [0.25, 0.3) is 0 Å². The highest BCUT2D eigenvalue weighted by Gasteiger charge is 2.02. The minimum atomic E-state index is -0.369. The minimum absolute atomic E-state index is 0.166. The van der Waals surface area contributed by atoms with Gasteiger partial charge in [-0.1, -0.05) is 0 Å². The van der Waals surface area contributed by atoms with Gasteiger partial charge < -0.3 is 4.90 Å². The molecule has 0 aliphatic rings. The van der Waals surface area contributed by atoms with Gasteiger partial charge >= 0.3 is 0 Å². The quantitative estimate of drug-likeness (QED) is 0.514. The van der Waals surface area contributed by atoms with Gasteiger partial charge in [0.15, 0.2) is 0 Å². The highest BCUT2D eigenvalue weighted by Crippen LogP contribution is 2.07. The first-order chi connectivity index (χ1) is 6.09. The first-order valence-electron chi connectivity index (χ1n) is 3.83. The summed E-state index contributed by atoms with van der Waals surface area (Å²) >= 11 is 0. The van der Waals surface area contributed by atoms with Gasteiger partial charge in [0.1, 0.15) is 5.82 Å². The molecule has 0 saturated heterocycles. The predicted molar refractivity (Wildman–Crippen MR) is 49.3 cm³/mol. The molecule has 0 fully saturated rings. The number of hydrogen-bond donors (Lipinski definition) is 0. The molecule has 5 heteroatoms. The maximum absolute atomic E-state index is 10.2. The highest BCUT2D eigenvalue weighted by molar-refractivity contribution is 5.36. The summed E-state index contributed by atoms with van der Waals surface area (Å²) in [6, 6.07) is 3.48. The normalized spacial score (nSPS) is 9.69. The number of pyridine rings is 1. The third-order valence-electron chi connectivity index (χ3n) is 1.58. The van der Waals surface area contributed by atoms with Crippen molar-refractivity contribution in [2.75, 3.05) is 19.0 Å². The van der Waals surface area contributed by atoms with Gasteiger partial charge in [-0.05, 0) is 12.1 Å². The Kier molecular flexibility index (Phi) is 2.79. The van der Waals surface area contributed by atoms with Crippen LogP contribution in [0.3, 0.4) is 0 Å². The topological polar surface area (TPSA) is 59.3 Å². The lowest BCUT2D eigenvalue weighted by atomic mass is 10.3. The van der Waals surface area contributed by atoms with E-state index in [0.29, 0.717) is 5.56 Å². The summed E-state index contributed by atoms with van der Waals surface area (Å²) in [4.78, 5) is 15.7. The Bertz CT molecular complexity index is 295. The molecule has 0 spiro atoms. The van der Waals surface area contributed by atoms with Crippen molar-refractivity contribution < 1.29 is 4.92 Å². The predicted octanol–water partition coefficient (Wildman–Crippen LogP) is 0.924. The van der Waals surface area contributed by atoms with Crippen molar-refractivity contribution >= 4 is 5.82 Å². The number of aromatic nitrogens is 1. The van der Waals surface area contributed by atoms with Gasteiger partial charge in [-0.3, -0.25) is 10.1 Å². The van der Waals surface area contributed by atoms with Crippen molar-refractivity contribution in [1.29, 1.82) is 0 Å². The molecule has 0 atom stereocenters. The Balaban J connectivity index is 2.75. The number of hydrogen-bond acceptors (Lipinski definition) is 4. The fraction of sp³-hybridized carbons (Fsp3) is 0.375. The molecular weight excluding hydrogens is 170 g/mol. The van der Waals surface area contributed by atoms with Crippen LogP contribution >= 0.6 is 0 Å². The Morgan fingerprint density at radius 2 is 2.23 bits per heavy atom. The molecule has 0 aromatic carbocycles. The molecule has 0 unspecified atom stereocenters. The van der Waals surface area contributed by atoms with Crippen LogP contribution in [-0.2, 0) is 6.54 Å². The standard InChI is InChI=1S/C8H11N3O2/c1-10(2)8-4-3-7(5-9-8)6-11(12)13/h3-5H,6H2,1-2H3. The van der Waals surface area contributed by atoms with E-state index in [2.05, 4.69) is 4.98 Å². The molecule has 0 radical (unpaired) electrons. The molecule has 0 bridgehead atoms. The molecular formula is C8H11N3O2. The van der Waals surface area contributed by atoms with E-state index in [4.69, 9.17) is 0 Å². The van der Waals surface area contributed by atoms with E-state index in [0.717, 1.165) is 5.82 Å². The van der Waals surface area contributed by atoms with Crippen LogP contribution in [0, 0.1) is 10.1 Å². The van der Waals surface area contributed by atoms with E-state index in [1.807, 2.05) is 19.0 Å². The van der Waals surface area contributed by atoms with Crippen LogP contribution in [0.5, 0.6) is 0 Å². The third-order valence-corrected chi connectivity index (χ3v) is 1.58. The zero-order valence-electron chi connectivity index (χ0n) is 7.60. The summed E-state index contributed by atoms with van der Waals surface area (Å²) in [6.07, 6.45) is 1.53. The Morgan fingerprint density at radius 1 is 1.54 bits per heavy atom. The second kappa shape index (κ2) is 3.84. The summed E-state index contributed by atoms with van der Waals surface area (Å²) in [5, 5.41) is 10.2. The lowest BCUT2D eigenvalue weighted by Gasteiger charge is -2.10. The average molecular weight is 181 g/mol. The largest absolute Gasteiger partial charge is 0.363 e. The second-order valence-electron chi connectivity index (χ2n) is 2.91. The first-order valence-corrected chi connectivity index (χ1v) is 3.83. The van der Waals surface area contributed by atoms with Gasteiger partial charge in [-0.15, -0.1) is 0 Å². The SMILES string of the molecule is CN(C)c1ccc(C[N+](=O)[O-])cn1. The number of nitro groups is 1. The lowest BCUT2D eigenvalue weighted by molar-refractivity contribution is -0.496. The van der Waals surface area contributed by atoms with E-state index >= 15 is 0 Å². The molecule has 1 aromatic heterocycles. The molecule has 13 heavy (non-hydrogen) atoms. The molecule has 1 heterocycles.